The molecule has 3 heteroatoms. The highest BCUT2D eigenvalue weighted by molar-refractivity contribution is 7.10. The molecule has 110 valence electrons. The van der Waals surface area contributed by atoms with Crippen molar-refractivity contribution >= 4 is 11.3 Å². The van der Waals surface area contributed by atoms with Crippen LogP contribution in [-0.4, -0.2) is 30.1 Å². The van der Waals surface area contributed by atoms with E-state index in [-0.39, 0.29) is 0 Å². The number of benzene rings is 1. The maximum atomic E-state index is 3.74. The number of hydrogen-bond donors (Lipinski definition) is 1. The molecule has 1 aliphatic carbocycles. The van der Waals surface area contributed by atoms with Gasteiger partial charge in [-0.3, -0.25) is 4.90 Å². The molecule has 2 nitrogen and oxygen atoms in total. The van der Waals surface area contributed by atoms with Crippen LogP contribution < -0.4 is 5.32 Å². The van der Waals surface area contributed by atoms with Crippen molar-refractivity contribution < 1.29 is 0 Å². The van der Waals surface area contributed by atoms with Crippen LogP contribution in [0.1, 0.15) is 24.1 Å². The molecular formula is C18H22N2S. The zero-order chi connectivity index (χ0) is 14.1. The van der Waals surface area contributed by atoms with Gasteiger partial charge in [0, 0.05) is 36.6 Å². The maximum absolute atomic E-state index is 3.74. The Hall–Kier alpha value is -1.16. The highest BCUT2D eigenvalue weighted by atomic mass is 32.1. The van der Waals surface area contributed by atoms with Crippen LogP contribution in [0.3, 0.4) is 0 Å². The molecule has 1 unspecified atom stereocenters. The fourth-order valence-corrected chi connectivity index (χ4v) is 4.07. The summed E-state index contributed by atoms with van der Waals surface area (Å²) >= 11 is 1.87. The fourth-order valence-electron chi connectivity index (χ4n) is 3.23. The van der Waals surface area contributed by atoms with Gasteiger partial charge in [-0.25, -0.2) is 0 Å². The summed E-state index contributed by atoms with van der Waals surface area (Å²) in [5, 5.41) is 6.02. The lowest BCUT2D eigenvalue weighted by molar-refractivity contribution is 0.317. The molecule has 1 saturated heterocycles. The summed E-state index contributed by atoms with van der Waals surface area (Å²) in [4.78, 5) is 4.11. The largest absolute Gasteiger partial charge is 0.308 e. The predicted octanol–water partition coefficient (Wildman–Crippen LogP) is 3.74. The average molecular weight is 298 g/mol. The average Bonchev–Trinajstić information content (AvgIpc) is 3.09. The van der Waals surface area contributed by atoms with Crippen molar-refractivity contribution in [3.63, 3.8) is 0 Å². The summed E-state index contributed by atoms with van der Waals surface area (Å²) in [5.74, 6) is 0. The van der Waals surface area contributed by atoms with Crippen molar-refractivity contribution in [2.75, 3.05) is 13.1 Å². The minimum atomic E-state index is 0.688. The Morgan fingerprint density at radius 1 is 1.10 bits per heavy atom. The fraction of sp³-hybridized carbons (Fsp3) is 0.444. The van der Waals surface area contributed by atoms with E-state index in [2.05, 4.69) is 52.0 Å². The quantitative estimate of drug-likeness (QED) is 0.904. The predicted molar refractivity (Wildman–Crippen MR) is 89.6 cm³/mol. The monoisotopic (exact) mass is 298 g/mol. The minimum Gasteiger partial charge on any atom is -0.308 e. The van der Waals surface area contributed by atoms with E-state index in [0.717, 1.165) is 12.6 Å². The first kappa shape index (κ1) is 13.5. The molecule has 2 aromatic rings. The second-order valence-corrected chi connectivity index (χ2v) is 7.26. The summed E-state index contributed by atoms with van der Waals surface area (Å²) in [7, 11) is 0. The molecule has 1 aromatic heterocycles. The van der Waals surface area contributed by atoms with Crippen LogP contribution in [0.4, 0.5) is 0 Å². The summed E-state index contributed by atoms with van der Waals surface area (Å²) in [6, 6.07) is 14.6. The Morgan fingerprint density at radius 2 is 1.95 bits per heavy atom. The standard InChI is InChI=1S/C18H22N2S/c1-2-4-14(5-3-1)15-10-18(21-13-15)11-19-16-8-9-20(12-16)17-6-7-17/h1-5,10,13,16-17,19H,6-9,11-12H2. The van der Waals surface area contributed by atoms with E-state index in [4.69, 9.17) is 0 Å². The van der Waals surface area contributed by atoms with E-state index in [9.17, 15) is 0 Å². The van der Waals surface area contributed by atoms with Crippen molar-refractivity contribution in [3.05, 3.63) is 46.7 Å². The topological polar surface area (TPSA) is 15.3 Å². The number of likely N-dealkylation sites (tertiary alicyclic amines) is 1. The van der Waals surface area contributed by atoms with Gasteiger partial charge in [-0.05, 0) is 41.8 Å². The van der Waals surface area contributed by atoms with Crippen LogP contribution >= 0.6 is 11.3 Å². The molecule has 21 heavy (non-hydrogen) atoms. The number of nitrogens with zero attached hydrogens (tertiary/aromatic N) is 1. The second kappa shape index (κ2) is 5.91. The van der Waals surface area contributed by atoms with Gasteiger partial charge >= 0.3 is 0 Å². The van der Waals surface area contributed by atoms with Gasteiger partial charge < -0.3 is 5.32 Å². The molecule has 1 saturated carbocycles. The van der Waals surface area contributed by atoms with E-state index >= 15 is 0 Å². The smallest absolute Gasteiger partial charge is 0.0303 e. The van der Waals surface area contributed by atoms with E-state index in [1.807, 2.05) is 11.3 Å². The van der Waals surface area contributed by atoms with Crippen LogP contribution in [0, 0.1) is 0 Å². The lowest BCUT2D eigenvalue weighted by Crippen LogP contribution is -2.32. The van der Waals surface area contributed by atoms with Crippen LogP contribution in [0.5, 0.6) is 0 Å². The van der Waals surface area contributed by atoms with Gasteiger partial charge in [0.15, 0.2) is 0 Å². The molecule has 1 aromatic carbocycles. The van der Waals surface area contributed by atoms with Crippen LogP contribution in [0.2, 0.25) is 0 Å². The van der Waals surface area contributed by atoms with Crippen LogP contribution in [0.15, 0.2) is 41.8 Å². The third-order valence-electron chi connectivity index (χ3n) is 4.61. The van der Waals surface area contributed by atoms with E-state index in [0.29, 0.717) is 6.04 Å². The maximum Gasteiger partial charge on any atom is 0.0303 e. The Balaban J connectivity index is 1.32. The number of rotatable bonds is 5. The van der Waals surface area contributed by atoms with Gasteiger partial charge in [0.25, 0.3) is 0 Å². The Labute approximate surface area is 130 Å². The molecule has 2 heterocycles. The van der Waals surface area contributed by atoms with Crippen molar-refractivity contribution in [1.29, 1.82) is 0 Å². The number of thiophene rings is 1. The first-order chi connectivity index (χ1) is 10.4. The highest BCUT2D eigenvalue weighted by Crippen LogP contribution is 2.30. The number of hydrogen-bond acceptors (Lipinski definition) is 3. The summed E-state index contributed by atoms with van der Waals surface area (Å²) in [6.45, 7) is 3.56. The van der Waals surface area contributed by atoms with Gasteiger partial charge in [0.2, 0.25) is 0 Å². The van der Waals surface area contributed by atoms with E-state index in [1.54, 1.807) is 0 Å². The summed E-state index contributed by atoms with van der Waals surface area (Å²) in [6.07, 6.45) is 4.17. The van der Waals surface area contributed by atoms with Gasteiger partial charge in [0.05, 0.1) is 0 Å². The highest BCUT2D eigenvalue weighted by Gasteiger charge is 2.34. The zero-order valence-electron chi connectivity index (χ0n) is 12.3. The molecular weight excluding hydrogens is 276 g/mol. The molecule has 1 N–H and O–H groups in total. The number of nitrogens with one attached hydrogen (secondary N) is 1. The third-order valence-corrected chi connectivity index (χ3v) is 5.55. The van der Waals surface area contributed by atoms with Gasteiger partial charge in [0.1, 0.15) is 0 Å². The molecule has 0 spiro atoms. The van der Waals surface area contributed by atoms with Crippen LogP contribution in [0.25, 0.3) is 11.1 Å². The Bertz CT molecular complexity index is 588. The Morgan fingerprint density at radius 3 is 2.76 bits per heavy atom. The first-order valence-electron chi connectivity index (χ1n) is 7.99. The van der Waals surface area contributed by atoms with Crippen molar-refractivity contribution in [1.82, 2.24) is 10.2 Å². The molecule has 0 amide bonds. The normalized spacial score (nSPS) is 22.8. The summed E-state index contributed by atoms with van der Waals surface area (Å²) < 4.78 is 0. The molecule has 0 bridgehead atoms. The van der Waals surface area contributed by atoms with Crippen LogP contribution in [-0.2, 0) is 6.54 Å². The molecule has 0 radical (unpaired) electrons. The lowest BCUT2D eigenvalue weighted by Gasteiger charge is -2.15. The first-order valence-corrected chi connectivity index (χ1v) is 8.87. The van der Waals surface area contributed by atoms with E-state index in [1.165, 1.54) is 48.4 Å². The van der Waals surface area contributed by atoms with Crippen molar-refractivity contribution in [3.8, 4) is 11.1 Å². The second-order valence-electron chi connectivity index (χ2n) is 6.26. The van der Waals surface area contributed by atoms with Gasteiger partial charge in [-0.1, -0.05) is 30.3 Å². The zero-order valence-corrected chi connectivity index (χ0v) is 13.1. The summed E-state index contributed by atoms with van der Waals surface area (Å²) in [5.41, 5.74) is 2.67. The Kier molecular flexibility index (Phi) is 3.80. The molecule has 2 aliphatic rings. The molecule has 1 atom stereocenters. The SMILES string of the molecule is c1ccc(-c2csc(CNC3CCN(C4CC4)C3)c2)cc1. The lowest BCUT2D eigenvalue weighted by atomic mass is 10.1. The molecule has 4 rings (SSSR count). The minimum absolute atomic E-state index is 0.688. The van der Waals surface area contributed by atoms with Gasteiger partial charge in [-0.2, -0.15) is 0 Å². The van der Waals surface area contributed by atoms with E-state index < -0.39 is 0 Å². The third kappa shape index (κ3) is 3.20. The van der Waals surface area contributed by atoms with Crippen molar-refractivity contribution in [2.24, 2.45) is 0 Å². The van der Waals surface area contributed by atoms with Gasteiger partial charge in [-0.15, -0.1) is 11.3 Å². The molecule has 1 aliphatic heterocycles. The molecule has 2 fully saturated rings. The van der Waals surface area contributed by atoms with Crippen molar-refractivity contribution in [2.45, 2.75) is 37.9 Å².